The smallest absolute Gasteiger partial charge is 0.257 e. The Hall–Kier alpha value is -1.62. The summed E-state index contributed by atoms with van der Waals surface area (Å²) >= 11 is 0. The quantitative estimate of drug-likeness (QED) is 0.730. The molecule has 1 atom stereocenters. The van der Waals surface area contributed by atoms with E-state index in [1.54, 1.807) is 6.92 Å². The molecule has 0 spiro atoms. The van der Waals surface area contributed by atoms with Gasteiger partial charge < -0.3 is 15.4 Å². The molecule has 0 aromatic carbocycles. The Kier molecular flexibility index (Phi) is 4.67. The highest BCUT2D eigenvalue weighted by Crippen LogP contribution is 2.14. The molecule has 100 valence electrons. The molecule has 0 aliphatic heterocycles. The third kappa shape index (κ3) is 3.43. The van der Waals surface area contributed by atoms with Gasteiger partial charge >= 0.3 is 0 Å². The van der Waals surface area contributed by atoms with Gasteiger partial charge in [-0.1, -0.05) is 6.92 Å². The van der Waals surface area contributed by atoms with E-state index in [2.05, 4.69) is 10.3 Å². The molecule has 1 rings (SSSR count). The van der Waals surface area contributed by atoms with Crippen LogP contribution in [0.4, 0.5) is 0 Å². The summed E-state index contributed by atoms with van der Waals surface area (Å²) in [4.78, 5) is 26.5. The van der Waals surface area contributed by atoms with E-state index in [9.17, 15) is 9.59 Å². The average Bonchev–Trinajstić information content (AvgIpc) is 2.28. The molecule has 0 radical (unpaired) electrons. The van der Waals surface area contributed by atoms with Crippen molar-refractivity contribution >= 4 is 5.91 Å². The van der Waals surface area contributed by atoms with Crippen molar-refractivity contribution in [2.75, 3.05) is 6.61 Å². The number of aliphatic hydroxyl groups is 1. The first-order valence-corrected chi connectivity index (χ1v) is 6.04. The Morgan fingerprint density at radius 3 is 2.72 bits per heavy atom. The highest BCUT2D eigenvalue weighted by molar-refractivity contribution is 5.94. The van der Waals surface area contributed by atoms with Crippen molar-refractivity contribution in [3.63, 3.8) is 0 Å². The number of amides is 1. The largest absolute Gasteiger partial charge is 0.396 e. The number of carbonyl (C=O) groups is 1. The van der Waals surface area contributed by atoms with Crippen LogP contribution in [0.5, 0.6) is 0 Å². The lowest BCUT2D eigenvalue weighted by atomic mass is 9.94. The second kappa shape index (κ2) is 5.82. The third-order valence-corrected chi connectivity index (χ3v) is 3.16. The summed E-state index contributed by atoms with van der Waals surface area (Å²) in [5, 5.41) is 11.8. The molecule has 5 nitrogen and oxygen atoms in total. The fourth-order valence-corrected chi connectivity index (χ4v) is 1.67. The minimum atomic E-state index is -0.497. The number of carbonyl (C=O) groups excluding carboxylic acids is 1. The van der Waals surface area contributed by atoms with Crippen LogP contribution in [0.25, 0.3) is 0 Å². The van der Waals surface area contributed by atoms with Gasteiger partial charge in [-0.25, -0.2) is 0 Å². The molecule has 18 heavy (non-hydrogen) atoms. The zero-order valence-corrected chi connectivity index (χ0v) is 11.0. The number of rotatable bonds is 5. The van der Waals surface area contributed by atoms with E-state index in [4.69, 9.17) is 5.11 Å². The van der Waals surface area contributed by atoms with Crippen LogP contribution in [-0.4, -0.2) is 28.1 Å². The van der Waals surface area contributed by atoms with Gasteiger partial charge in [0.25, 0.3) is 5.91 Å². The predicted octanol–water partition coefficient (Wildman–Crippen LogP) is 0.964. The summed E-state index contributed by atoms with van der Waals surface area (Å²) in [6.45, 7) is 5.53. The van der Waals surface area contributed by atoms with E-state index in [1.165, 1.54) is 12.3 Å². The molecule has 0 aliphatic rings. The Bertz CT molecular complexity index is 481. The predicted molar refractivity (Wildman–Crippen MR) is 69.7 cm³/mol. The maximum absolute atomic E-state index is 12.0. The van der Waals surface area contributed by atoms with E-state index >= 15 is 0 Å². The highest BCUT2D eigenvalue weighted by atomic mass is 16.3. The summed E-state index contributed by atoms with van der Waals surface area (Å²) < 4.78 is 0. The van der Waals surface area contributed by atoms with Crippen LogP contribution in [0.2, 0.25) is 0 Å². The summed E-state index contributed by atoms with van der Waals surface area (Å²) in [6, 6.07) is 1.39. The van der Waals surface area contributed by atoms with Crippen molar-refractivity contribution in [3.05, 3.63) is 33.7 Å². The molecule has 0 saturated carbocycles. The molecule has 0 bridgehead atoms. The van der Waals surface area contributed by atoms with E-state index in [1.807, 2.05) is 13.8 Å². The van der Waals surface area contributed by atoms with Crippen LogP contribution in [0.15, 0.2) is 17.1 Å². The number of hydrogen-bond donors (Lipinski definition) is 3. The van der Waals surface area contributed by atoms with Crippen LogP contribution in [-0.2, 0) is 0 Å². The van der Waals surface area contributed by atoms with Crippen molar-refractivity contribution in [1.29, 1.82) is 0 Å². The van der Waals surface area contributed by atoms with Gasteiger partial charge in [-0.15, -0.1) is 0 Å². The van der Waals surface area contributed by atoms with E-state index < -0.39 is 11.4 Å². The van der Waals surface area contributed by atoms with Gasteiger partial charge in [-0.2, -0.15) is 0 Å². The zero-order valence-electron chi connectivity index (χ0n) is 11.0. The summed E-state index contributed by atoms with van der Waals surface area (Å²) in [7, 11) is 0. The number of aryl methyl sites for hydroxylation is 1. The third-order valence-electron chi connectivity index (χ3n) is 3.16. The normalized spacial score (nSPS) is 14.0. The topological polar surface area (TPSA) is 82.2 Å². The fourth-order valence-electron chi connectivity index (χ4n) is 1.67. The molecule has 1 aromatic rings. The molecule has 1 aromatic heterocycles. The Morgan fingerprint density at radius 1 is 1.56 bits per heavy atom. The van der Waals surface area contributed by atoms with Gasteiger partial charge in [0.15, 0.2) is 5.43 Å². The van der Waals surface area contributed by atoms with Crippen LogP contribution in [0, 0.1) is 6.92 Å². The number of aromatic amines is 1. The van der Waals surface area contributed by atoms with Crippen molar-refractivity contribution in [3.8, 4) is 0 Å². The molecular weight excluding hydrogens is 232 g/mol. The lowest BCUT2D eigenvalue weighted by molar-refractivity contribution is 0.0884. The number of H-pyrrole nitrogens is 1. The van der Waals surface area contributed by atoms with Gasteiger partial charge in [-0.05, 0) is 26.7 Å². The maximum Gasteiger partial charge on any atom is 0.257 e. The number of aromatic nitrogens is 1. The van der Waals surface area contributed by atoms with Crippen molar-refractivity contribution in [2.45, 2.75) is 39.2 Å². The monoisotopic (exact) mass is 252 g/mol. The highest BCUT2D eigenvalue weighted by Gasteiger charge is 2.25. The number of nitrogens with one attached hydrogen (secondary N) is 2. The summed E-state index contributed by atoms with van der Waals surface area (Å²) in [6.07, 6.45) is 2.56. The molecule has 1 heterocycles. The zero-order chi connectivity index (χ0) is 13.8. The van der Waals surface area contributed by atoms with Crippen LogP contribution in [0.3, 0.4) is 0 Å². The van der Waals surface area contributed by atoms with Crippen LogP contribution < -0.4 is 10.7 Å². The van der Waals surface area contributed by atoms with Crippen LogP contribution in [0.1, 0.15) is 42.7 Å². The van der Waals surface area contributed by atoms with E-state index in [0.29, 0.717) is 18.5 Å². The van der Waals surface area contributed by atoms with E-state index in [-0.39, 0.29) is 17.6 Å². The van der Waals surface area contributed by atoms with Gasteiger partial charge in [0.05, 0.1) is 0 Å². The summed E-state index contributed by atoms with van der Waals surface area (Å²) in [5.74, 6) is -0.408. The molecule has 0 aliphatic carbocycles. The molecule has 5 heteroatoms. The second-order valence-electron chi connectivity index (χ2n) is 4.74. The Morgan fingerprint density at radius 2 is 2.22 bits per heavy atom. The molecule has 1 unspecified atom stereocenters. The lowest BCUT2D eigenvalue weighted by Gasteiger charge is -2.28. The fraction of sp³-hybridized carbons (Fsp3) is 0.538. The minimum absolute atomic E-state index is 0.00508. The standard InChI is InChI=1S/C13H20N2O3/c1-4-13(3,5-6-16)15-12(18)10-8-14-9(2)7-11(10)17/h7-8,16H,4-6H2,1-3H3,(H,14,17)(H,15,18). The maximum atomic E-state index is 12.0. The lowest BCUT2D eigenvalue weighted by Crippen LogP contribution is -2.47. The van der Waals surface area contributed by atoms with E-state index in [0.717, 1.165) is 0 Å². The molecular formula is C13H20N2O3. The number of pyridine rings is 1. The first kappa shape index (κ1) is 14.4. The minimum Gasteiger partial charge on any atom is -0.396 e. The van der Waals surface area contributed by atoms with Gasteiger partial charge in [-0.3, -0.25) is 9.59 Å². The van der Waals surface area contributed by atoms with Crippen LogP contribution >= 0.6 is 0 Å². The van der Waals surface area contributed by atoms with Gasteiger partial charge in [0.2, 0.25) is 0 Å². The first-order chi connectivity index (χ1) is 8.41. The Labute approximate surface area is 106 Å². The Balaban J connectivity index is 2.91. The molecule has 0 fully saturated rings. The van der Waals surface area contributed by atoms with Crippen molar-refractivity contribution in [1.82, 2.24) is 10.3 Å². The molecule has 1 amide bonds. The summed E-state index contributed by atoms with van der Waals surface area (Å²) in [5.41, 5.74) is 0.0120. The molecule has 0 saturated heterocycles. The first-order valence-electron chi connectivity index (χ1n) is 6.04. The number of hydrogen-bond acceptors (Lipinski definition) is 3. The van der Waals surface area contributed by atoms with Crippen molar-refractivity contribution in [2.24, 2.45) is 0 Å². The van der Waals surface area contributed by atoms with Gasteiger partial charge in [0.1, 0.15) is 5.56 Å². The average molecular weight is 252 g/mol. The van der Waals surface area contributed by atoms with Crippen molar-refractivity contribution < 1.29 is 9.90 Å². The molecule has 3 N–H and O–H groups in total. The number of aliphatic hydroxyl groups excluding tert-OH is 1. The second-order valence-corrected chi connectivity index (χ2v) is 4.74. The van der Waals surface area contributed by atoms with Gasteiger partial charge in [0, 0.05) is 30.1 Å². The SMILES string of the molecule is CCC(C)(CCO)NC(=O)c1c[nH]c(C)cc1=O.